The molecule has 3 N–H and O–H groups in total. The summed E-state index contributed by atoms with van der Waals surface area (Å²) in [5.41, 5.74) is 7.01. The number of nitro groups is 1. The van der Waals surface area contributed by atoms with Crippen LogP contribution < -0.4 is 11.1 Å². The molecule has 1 aliphatic heterocycles. The summed E-state index contributed by atoms with van der Waals surface area (Å²) in [6, 6.07) is 6.57. The van der Waals surface area contributed by atoms with Crippen LogP contribution in [0.25, 0.3) is 0 Å². The third-order valence-electron chi connectivity index (χ3n) is 5.24. The summed E-state index contributed by atoms with van der Waals surface area (Å²) >= 11 is 0. The van der Waals surface area contributed by atoms with Crippen LogP contribution in [-0.2, 0) is 4.79 Å². The zero-order valence-corrected chi connectivity index (χ0v) is 13.7. The Labute approximate surface area is 141 Å². The van der Waals surface area contributed by atoms with E-state index >= 15 is 0 Å². The molecule has 1 aromatic rings. The Morgan fingerprint density at radius 2 is 2.04 bits per heavy atom. The molecule has 2 fully saturated rings. The highest BCUT2D eigenvalue weighted by atomic mass is 16.6. The number of likely N-dealkylation sites (tertiary alicyclic amines) is 1. The molecule has 0 spiro atoms. The molecule has 0 radical (unpaired) electrons. The Morgan fingerprint density at radius 1 is 1.29 bits per heavy atom. The lowest BCUT2D eigenvalue weighted by atomic mass is 9.98. The third kappa shape index (κ3) is 3.67. The molecule has 130 valence electrons. The van der Waals surface area contributed by atoms with Crippen molar-refractivity contribution in [2.75, 3.05) is 25.0 Å². The summed E-state index contributed by atoms with van der Waals surface area (Å²) in [6.07, 6.45) is 3.51. The maximum Gasteiger partial charge on any atom is 0.269 e. The van der Waals surface area contributed by atoms with E-state index in [9.17, 15) is 14.9 Å². The van der Waals surface area contributed by atoms with Gasteiger partial charge in [0.15, 0.2) is 0 Å². The van der Waals surface area contributed by atoms with E-state index in [4.69, 9.17) is 5.73 Å². The van der Waals surface area contributed by atoms with Gasteiger partial charge in [0, 0.05) is 49.9 Å². The minimum absolute atomic E-state index is 0.0773. The van der Waals surface area contributed by atoms with Crippen molar-refractivity contribution in [1.82, 2.24) is 4.90 Å². The normalized spacial score (nSPS) is 25.5. The molecule has 7 heteroatoms. The van der Waals surface area contributed by atoms with Crippen molar-refractivity contribution < 1.29 is 9.72 Å². The van der Waals surface area contributed by atoms with E-state index in [1.165, 1.54) is 12.1 Å². The predicted molar refractivity (Wildman–Crippen MR) is 91.6 cm³/mol. The number of rotatable bonds is 6. The van der Waals surface area contributed by atoms with Crippen LogP contribution in [0.5, 0.6) is 0 Å². The number of nitro benzene ring substituents is 1. The Hall–Kier alpha value is -2.15. The molecule has 1 saturated carbocycles. The van der Waals surface area contributed by atoms with Crippen molar-refractivity contribution in [2.45, 2.75) is 31.7 Å². The molecule has 1 amide bonds. The largest absolute Gasteiger partial charge is 0.385 e. The van der Waals surface area contributed by atoms with E-state index in [0.29, 0.717) is 24.8 Å². The van der Waals surface area contributed by atoms with Crippen molar-refractivity contribution in [3.05, 3.63) is 34.4 Å². The van der Waals surface area contributed by atoms with E-state index in [1.54, 1.807) is 12.1 Å². The summed E-state index contributed by atoms with van der Waals surface area (Å²) in [4.78, 5) is 24.5. The number of nitrogens with two attached hydrogens (primary N) is 1. The lowest BCUT2D eigenvalue weighted by Gasteiger charge is -2.18. The first kappa shape index (κ1) is 16.7. The van der Waals surface area contributed by atoms with Crippen molar-refractivity contribution in [2.24, 2.45) is 17.6 Å². The molecule has 2 aliphatic rings. The van der Waals surface area contributed by atoms with Crippen LogP contribution in [0.3, 0.4) is 0 Å². The molecular weight excluding hydrogens is 308 g/mol. The number of carbonyl (C=O) groups excluding carboxylic acids is 1. The van der Waals surface area contributed by atoms with Gasteiger partial charge in [-0.3, -0.25) is 14.9 Å². The first-order valence-corrected chi connectivity index (χ1v) is 8.56. The van der Waals surface area contributed by atoms with Crippen LogP contribution in [-0.4, -0.2) is 41.4 Å². The summed E-state index contributed by atoms with van der Waals surface area (Å²) in [5, 5.41) is 13.8. The highest BCUT2D eigenvalue weighted by Gasteiger charge is 2.42. The Kier molecular flexibility index (Phi) is 4.99. The number of nitrogens with zero attached hydrogens (tertiary/aromatic N) is 2. The summed E-state index contributed by atoms with van der Waals surface area (Å²) in [6.45, 7) is 2.36. The molecule has 1 aromatic carbocycles. The lowest BCUT2D eigenvalue weighted by molar-refractivity contribution is -0.384. The van der Waals surface area contributed by atoms with Gasteiger partial charge in [0.25, 0.3) is 5.69 Å². The van der Waals surface area contributed by atoms with Crippen LogP contribution in [0.2, 0.25) is 0 Å². The first-order valence-electron chi connectivity index (χ1n) is 8.56. The number of carbonyl (C=O) groups is 1. The second-order valence-electron chi connectivity index (χ2n) is 6.80. The van der Waals surface area contributed by atoms with Gasteiger partial charge < -0.3 is 16.0 Å². The zero-order chi connectivity index (χ0) is 17.1. The van der Waals surface area contributed by atoms with Crippen LogP contribution in [0.4, 0.5) is 11.4 Å². The van der Waals surface area contributed by atoms with E-state index in [0.717, 1.165) is 38.0 Å². The van der Waals surface area contributed by atoms with Gasteiger partial charge in [-0.2, -0.15) is 0 Å². The fraction of sp³-hybridized carbons (Fsp3) is 0.588. The van der Waals surface area contributed by atoms with E-state index in [2.05, 4.69) is 5.32 Å². The van der Waals surface area contributed by atoms with Gasteiger partial charge in [0.1, 0.15) is 0 Å². The van der Waals surface area contributed by atoms with E-state index in [-0.39, 0.29) is 17.6 Å². The molecule has 3 unspecified atom stereocenters. The average molecular weight is 332 g/mol. The number of nitrogens with one attached hydrogen (secondary N) is 1. The topological polar surface area (TPSA) is 102 Å². The van der Waals surface area contributed by atoms with Gasteiger partial charge in [-0.15, -0.1) is 0 Å². The minimum Gasteiger partial charge on any atom is -0.385 e. The summed E-state index contributed by atoms with van der Waals surface area (Å²) < 4.78 is 0. The number of fused-ring (bicyclic) bond motifs is 1. The zero-order valence-electron chi connectivity index (χ0n) is 13.7. The third-order valence-corrected chi connectivity index (χ3v) is 5.24. The van der Waals surface area contributed by atoms with Gasteiger partial charge in [-0.25, -0.2) is 0 Å². The monoisotopic (exact) mass is 332 g/mol. The molecule has 0 aromatic heterocycles. The molecule has 0 bridgehead atoms. The van der Waals surface area contributed by atoms with Gasteiger partial charge in [-0.05, 0) is 43.2 Å². The maximum atomic E-state index is 12.3. The molecule has 24 heavy (non-hydrogen) atoms. The summed E-state index contributed by atoms with van der Waals surface area (Å²) in [7, 11) is 0. The van der Waals surface area contributed by atoms with Crippen LogP contribution in [0.1, 0.15) is 25.7 Å². The number of hydrogen-bond acceptors (Lipinski definition) is 5. The van der Waals surface area contributed by atoms with Crippen LogP contribution in [0, 0.1) is 22.0 Å². The summed E-state index contributed by atoms with van der Waals surface area (Å²) in [5.74, 6) is 1.30. The number of amides is 1. The molecule has 1 aliphatic carbocycles. The first-order chi connectivity index (χ1) is 11.5. The quantitative estimate of drug-likeness (QED) is 0.471. The highest BCUT2D eigenvalue weighted by molar-refractivity contribution is 5.76. The Morgan fingerprint density at radius 3 is 2.71 bits per heavy atom. The molecule has 7 nitrogen and oxygen atoms in total. The SMILES string of the molecule is NC1CCC2CN(C(=O)CCCNc3ccc([N+](=O)[O-])cc3)CC12. The fourth-order valence-electron chi connectivity index (χ4n) is 3.84. The minimum atomic E-state index is -0.417. The second-order valence-corrected chi connectivity index (χ2v) is 6.80. The lowest BCUT2D eigenvalue weighted by Crippen LogP contribution is -2.33. The van der Waals surface area contributed by atoms with E-state index in [1.807, 2.05) is 4.90 Å². The van der Waals surface area contributed by atoms with Gasteiger partial charge in [-0.1, -0.05) is 0 Å². The predicted octanol–water partition coefficient (Wildman–Crippen LogP) is 1.98. The van der Waals surface area contributed by atoms with Gasteiger partial charge in [0.05, 0.1) is 4.92 Å². The highest BCUT2D eigenvalue weighted by Crippen LogP contribution is 2.37. The van der Waals surface area contributed by atoms with Crippen LogP contribution >= 0.6 is 0 Å². The molecule has 1 heterocycles. The molecular formula is C17H24N4O3. The number of anilines is 1. The fourth-order valence-corrected chi connectivity index (χ4v) is 3.84. The second kappa shape index (κ2) is 7.17. The number of non-ortho nitro benzene ring substituents is 1. The number of hydrogen-bond donors (Lipinski definition) is 2. The van der Waals surface area contributed by atoms with E-state index < -0.39 is 4.92 Å². The van der Waals surface area contributed by atoms with Crippen molar-refractivity contribution in [3.8, 4) is 0 Å². The van der Waals surface area contributed by atoms with Crippen molar-refractivity contribution >= 4 is 17.3 Å². The Balaban J connectivity index is 1.37. The van der Waals surface area contributed by atoms with Gasteiger partial charge >= 0.3 is 0 Å². The number of benzene rings is 1. The standard InChI is InChI=1S/C17H24N4O3/c18-16-8-3-12-10-20(11-15(12)16)17(22)2-1-9-19-13-4-6-14(7-5-13)21(23)24/h4-7,12,15-16,19H,1-3,8-11,18H2. The van der Waals surface area contributed by atoms with Crippen molar-refractivity contribution in [1.29, 1.82) is 0 Å². The molecule has 3 atom stereocenters. The molecule has 1 saturated heterocycles. The Bertz CT molecular complexity index is 604. The smallest absolute Gasteiger partial charge is 0.269 e. The van der Waals surface area contributed by atoms with Gasteiger partial charge in [0.2, 0.25) is 5.91 Å². The average Bonchev–Trinajstić information content (AvgIpc) is 3.14. The maximum absolute atomic E-state index is 12.3. The van der Waals surface area contributed by atoms with Crippen LogP contribution in [0.15, 0.2) is 24.3 Å². The molecule has 3 rings (SSSR count). The van der Waals surface area contributed by atoms with Crippen molar-refractivity contribution in [3.63, 3.8) is 0 Å².